The molecule has 0 N–H and O–H groups in total. The van der Waals surface area contributed by atoms with Crippen molar-refractivity contribution >= 4 is 10.0 Å². The SMILES string of the molecule is CC[C@H]1CN(S(=O)(=O)c2cccc(F)c2C#N)C[C@H](C)O1. The second kappa shape index (κ2) is 6.10. The fraction of sp³-hybridized carbons (Fsp3) is 0.500. The summed E-state index contributed by atoms with van der Waals surface area (Å²) in [4.78, 5) is -0.283. The monoisotopic (exact) mass is 312 g/mol. The Morgan fingerprint density at radius 2 is 2.19 bits per heavy atom. The highest BCUT2D eigenvalue weighted by atomic mass is 32.2. The molecule has 114 valence electrons. The van der Waals surface area contributed by atoms with Gasteiger partial charge in [0.25, 0.3) is 0 Å². The number of hydrogen-bond acceptors (Lipinski definition) is 4. The summed E-state index contributed by atoms with van der Waals surface area (Å²) in [6.45, 7) is 4.11. The van der Waals surface area contributed by atoms with Crippen molar-refractivity contribution in [3.63, 3.8) is 0 Å². The number of nitrogens with zero attached hydrogens (tertiary/aromatic N) is 2. The average molecular weight is 312 g/mol. The highest BCUT2D eigenvalue weighted by Crippen LogP contribution is 2.25. The van der Waals surface area contributed by atoms with Gasteiger partial charge in [-0.1, -0.05) is 13.0 Å². The van der Waals surface area contributed by atoms with E-state index in [-0.39, 0.29) is 30.2 Å². The lowest BCUT2D eigenvalue weighted by molar-refractivity contribution is -0.0548. The quantitative estimate of drug-likeness (QED) is 0.854. The van der Waals surface area contributed by atoms with Crippen molar-refractivity contribution < 1.29 is 17.5 Å². The van der Waals surface area contributed by atoms with Gasteiger partial charge >= 0.3 is 0 Å². The summed E-state index contributed by atoms with van der Waals surface area (Å²) in [7, 11) is -3.91. The molecule has 0 radical (unpaired) electrons. The van der Waals surface area contributed by atoms with E-state index in [1.54, 1.807) is 13.0 Å². The lowest BCUT2D eigenvalue weighted by Gasteiger charge is -2.35. The van der Waals surface area contributed by atoms with Crippen molar-refractivity contribution in [2.75, 3.05) is 13.1 Å². The summed E-state index contributed by atoms with van der Waals surface area (Å²) in [6.07, 6.45) is 0.255. The molecule has 0 spiro atoms. The fourth-order valence-electron chi connectivity index (χ4n) is 2.39. The molecule has 1 aromatic carbocycles. The van der Waals surface area contributed by atoms with Crippen LogP contribution in [0.5, 0.6) is 0 Å². The molecule has 1 fully saturated rings. The Morgan fingerprint density at radius 1 is 1.48 bits per heavy atom. The van der Waals surface area contributed by atoms with Gasteiger partial charge < -0.3 is 4.74 Å². The molecule has 0 aliphatic carbocycles. The predicted octanol–water partition coefficient (Wildman–Crippen LogP) is 1.89. The van der Waals surface area contributed by atoms with Crippen LogP contribution in [0.4, 0.5) is 4.39 Å². The van der Waals surface area contributed by atoms with Crippen LogP contribution >= 0.6 is 0 Å². The zero-order valence-corrected chi connectivity index (χ0v) is 12.7. The standard InChI is InChI=1S/C14H17FN2O3S/c1-3-11-9-17(8-10(2)20-11)21(18,19)14-6-4-5-13(15)12(14)7-16/h4-6,10-11H,3,8-9H2,1-2H3/t10-,11-/m0/s1. The maximum Gasteiger partial charge on any atom is 0.244 e. The zero-order valence-electron chi connectivity index (χ0n) is 11.9. The number of benzene rings is 1. The molecule has 0 aromatic heterocycles. The molecule has 0 unspecified atom stereocenters. The molecule has 0 saturated carbocycles. The van der Waals surface area contributed by atoms with Gasteiger partial charge in [-0.3, -0.25) is 0 Å². The summed E-state index contributed by atoms with van der Waals surface area (Å²) in [5, 5.41) is 9.01. The summed E-state index contributed by atoms with van der Waals surface area (Å²) < 4.78 is 45.9. The smallest absolute Gasteiger partial charge is 0.244 e. The van der Waals surface area contributed by atoms with E-state index in [9.17, 15) is 12.8 Å². The molecule has 1 aliphatic heterocycles. The van der Waals surface area contributed by atoms with Crippen molar-refractivity contribution in [3.8, 4) is 6.07 Å². The largest absolute Gasteiger partial charge is 0.373 e. The number of halogens is 1. The van der Waals surface area contributed by atoms with Crippen LogP contribution in [0, 0.1) is 17.1 Å². The molecule has 1 saturated heterocycles. The van der Waals surface area contributed by atoms with E-state index in [4.69, 9.17) is 10.00 Å². The zero-order chi connectivity index (χ0) is 15.6. The first-order chi connectivity index (χ1) is 9.90. The van der Waals surface area contributed by atoms with Crippen LogP contribution in [0.15, 0.2) is 23.1 Å². The Morgan fingerprint density at radius 3 is 2.81 bits per heavy atom. The minimum atomic E-state index is -3.91. The topological polar surface area (TPSA) is 70.4 Å². The molecule has 0 bridgehead atoms. The molecule has 2 atom stereocenters. The lowest BCUT2D eigenvalue weighted by atomic mass is 10.2. The van der Waals surface area contributed by atoms with Crippen LogP contribution < -0.4 is 0 Å². The molecule has 2 rings (SSSR count). The summed E-state index contributed by atoms with van der Waals surface area (Å²) in [5.41, 5.74) is -0.440. The normalized spacial score (nSPS) is 23.7. The van der Waals surface area contributed by atoms with Crippen LogP contribution in [-0.4, -0.2) is 38.0 Å². The van der Waals surface area contributed by atoms with Crippen LogP contribution in [0.3, 0.4) is 0 Å². The van der Waals surface area contributed by atoms with Crippen molar-refractivity contribution in [3.05, 3.63) is 29.6 Å². The summed E-state index contributed by atoms with van der Waals surface area (Å²) in [6, 6.07) is 5.27. The molecule has 5 nitrogen and oxygen atoms in total. The van der Waals surface area contributed by atoms with Crippen molar-refractivity contribution in [2.24, 2.45) is 0 Å². The number of morpholine rings is 1. The van der Waals surface area contributed by atoms with Gasteiger partial charge in [0.2, 0.25) is 10.0 Å². The third-order valence-corrected chi connectivity index (χ3v) is 5.33. The van der Waals surface area contributed by atoms with Crippen LogP contribution in [-0.2, 0) is 14.8 Å². The molecule has 7 heteroatoms. The highest BCUT2D eigenvalue weighted by molar-refractivity contribution is 7.89. The Balaban J connectivity index is 2.43. The van der Waals surface area contributed by atoms with Gasteiger partial charge in [0.05, 0.1) is 12.2 Å². The first-order valence-corrected chi connectivity index (χ1v) is 8.18. The third-order valence-electron chi connectivity index (χ3n) is 3.45. The average Bonchev–Trinajstić information content (AvgIpc) is 2.46. The van der Waals surface area contributed by atoms with Crippen molar-refractivity contribution in [2.45, 2.75) is 37.4 Å². The van der Waals surface area contributed by atoms with Crippen LogP contribution in [0.25, 0.3) is 0 Å². The minimum absolute atomic E-state index is 0.192. The third kappa shape index (κ3) is 3.07. The number of ether oxygens (including phenoxy) is 1. The molecule has 21 heavy (non-hydrogen) atoms. The van der Waals surface area contributed by atoms with Crippen molar-refractivity contribution in [1.82, 2.24) is 4.31 Å². The van der Waals surface area contributed by atoms with Crippen LogP contribution in [0.2, 0.25) is 0 Å². The Bertz CT molecular complexity index is 669. The van der Waals surface area contributed by atoms with E-state index in [1.165, 1.54) is 16.4 Å². The van der Waals surface area contributed by atoms with Crippen molar-refractivity contribution in [1.29, 1.82) is 5.26 Å². The second-order valence-electron chi connectivity index (χ2n) is 5.02. The van der Waals surface area contributed by atoms with Gasteiger partial charge in [0.15, 0.2) is 0 Å². The van der Waals surface area contributed by atoms with Crippen LogP contribution in [0.1, 0.15) is 25.8 Å². The Hall–Kier alpha value is -1.49. The number of nitriles is 1. The number of hydrogen-bond donors (Lipinski definition) is 0. The van der Waals surface area contributed by atoms with E-state index in [2.05, 4.69) is 0 Å². The maximum atomic E-state index is 13.6. The number of rotatable bonds is 3. The predicted molar refractivity (Wildman–Crippen MR) is 74.5 cm³/mol. The van der Waals surface area contributed by atoms with E-state index in [0.29, 0.717) is 6.42 Å². The lowest BCUT2D eigenvalue weighted by Crippen LogP contribution is -2.49. The number of sulfonamides is 1. The van der Waals surface area contributed by atoms with Gasteiger partial charge in [-0.05, 0) is 25.5 Å². The first kappa shape index (κ1) is 15.9. The van der Waals surface area contributed by atoms with Gasteiger partial charge in [-0.15, -0.1) is 0 Å². The fourth-order valence-corrected chi connectivity index (χ4v) is 4.09. The van der Waals surface area contributed by atoms with Gasteiger partial charge in [0.1, 0.15) is 22.3 Å². The molecule has 1 aromatic rings. The molecular weight excluding hydrogens is 295 g/mol. The van der Waals surface area contributed by atoms with Gasteiger partial charge in [0, 0.05) is 13.1 Å². The maximum absolute atomic E-state index is 13.6. The van der Waals surface area contributed by atoms with Gasteiger partial charge in [-0.2, -0.15) is 9.57 Å². The second-order valence-corrected chi connectivity index (χ2v) is 6.93. The Kier molecular flexibility index (Phi) is 4.61. The summed E-state index contributed by atoms with van der Waals surface area (Å²) in [5.74, 6) is -0.827. The van der Waals surface area contributed by atoms with E-state index < -0.39 is 21.4 Å². The van der Waals surface area contributed by atoms with E-state index in [1.807, 2.05) is 6.92 Å². The molecule has 0 amide bonds. The van der Waals surface area contributed by atoms with Gasteiger partial charge in [-0.25, -0.2) is 12.8 Å². The minimum Gasteiger partial charge on any atom is -0.373 e. The summed E-state index contributed by atoms with van der Waals surface area (Å²) >= 11 is 0. The molecule has 1 heterocycles. The van der Waals surface area contributed by atoms with E-state index in [0.717, 1.165) is 6.07 Å². The molecule has 1 aliphatic rings. The van der Waals surface area contributed by atoms with E-state index >= 15 is 0 Å². The Labute approximate surface area is 124 Å². The highest BCUT2D eigenvalue weighted by Gasteiger charge is 2.35. The molecular formula is C14H17FN2O3S. The first-order valence-electron chi connectivity index (χ1n) is 6.74.